The molecular weight excluding hydrogens is 288 g/mol. The summed E-state index contributed by atoms with van der Waals surface area (Å²) in [5.74, 6) is 1.01. The highest BCUT2D eigenvalue weighted by molar-refractivity contribution is 9.10. The summed E-state index contributed by atoms with van der Waals surface area (Å²) in [6.07, 6.45) is 0. The van der Waals surface area contributed by atoms with Gasteiger partial charge >= 0.3 is 0 Å². The number of hydrogen-bond donors (Lipinski definition) is 0. The lowest BCUT2D eigenvalue weighted by molar-refractivity contribution is 0.465. The van der Waals surface area contributed by atoms with Gasteiger partial charge in [0, 0.05) is 0 Å². The Hall–Kier alpha value is -0.650. The Kier molecular flexibility index (Phi) is 3.00. The molecule has 3 nitrogen and oxygen atoms in total. The molecule has 72 valence electrons. The number of hydrogen-bond acceptors (Lipinski definition) is 4. The highest BCUT2D eigenvalue weighted by Crippen LogP contribution is 2.31. The largest absolute Gasteiger partial charge is 0.435 e. The number of nitrogens with zero attached hydrogens (tertiary/aromatic N) is 2. The summed E-state index contributed by atoms with van der Waals surface area (Å²) in [6.45, 7) is 0. The SMILES string of the molecule is Clc1nsnc1Oc1ccccc1Br. The summed E-state index contributed by atoms with van der Waals surface area (Å²) in [6, 6.07) is 7.47. The second kappa shape index (κ2) is 4.25. The molecule has 0 unspecified atom stereocenters. The highest BCUT2D eigenvalue weighted by atomic mass is 79.9. The Morgan fingerprint density at radius 3 is 2.71 bits per heavy atom. The van der Waals surface area contributed by atoms with Crippen LogP contribution in [0.5, 0.6) is 11.6 Å². The lowest BCUT2D eigenvalue weighted by atomic mass is 10.3. The van der Waals surface area contributed by atoms with Gasteiger partial charge in [-0.25, -0.2) is 0 Å². The number of rotatable bonds is 2. The zero-order valence-corrected chi connectivity index (χ0v) is 9.93. The molecule has 0 radical (unpaired) electrons. The predicted molar refractivity (Wildman–Crippen MR) is 59.1 cm³/mol. The molecule has 1 aromatic carbocycles. The third-order valence-corrected chi connectivity index (χ3v) is 2.98. The van der Waals surface area contributed by atoms with Crippen LogP contribution in [0.4, 0.5) is 0 Å². The third kappa shape index (κ3) is 2.05. The zero-order valence-electron chi connectivity index (χ0n) is 6.78. The van der Waals surface area contributed by atoms with E-state index in [-0.39, 0.29) is 5.15 Å². The topological polar surface area (TPSA) is 35.0 Å². The van der Waals surface area contributed by atoms with Gasteiger partial charge in [-0.05, 0) is 28.1 Å². The highest BCUT2D eigenvalue weighted by Gasteiger charge is 2.09. The van der Waals surface area contributed by atoms with E-state index in [2.05, 4.69) is 24.7 Å². The fraction of sp³-hybridized carbons (Fsp3) is 0. The first-order valence-corrected chi connectivity index (χ1v) is 5.58. The molecule has 14 heavy (non-hydrogen) atoms. The number of para-hydroxylation sites is 1. The van der Waals surface area contributed by atoms with Gasteiger partial charge in [-0.2, -0.15) is 4.37 Å². The van der Waals surface area contributed by atoms with Crippen molar-refractivity contribution in [1.82, 2.24) is 8.75 Å². The summed E-state index contributed by atoms with van der Waals surface area (Å²) in [7, 11) is 0. The van der Waals surface area contributed by atoms with Crippen LogP contribution in [0.1, 0.15) is 0 Å². The summed E-state index contributed by atoms with van der Waals surface area (Å²) in [5, 5.41) is 0.283. The first-order valence-electron chi connectivity index (χ1n) is 3.68. The fourth-order valence-corrected chi connectivity index (χ4v) is 1.84. The van der Waals surface area contributed by atoms with Gasteiger partial charge in [-0.1, -0.05) is 23.7 Å². The van der Waals surface area contributed by atoms with Crippen molar-refractivity contribution in [2.45, 2.75) is 0 Å². The Balaban J connectivity index is 2.28. The van der Waals surface area contributed by atoms with Crippen molar-refractivity contribution >= 4 is 39.3 Å². The second-order valence-electron chi connectivity index (χ2n) is 2.39. The van der Waals surface area contributed by atoms with Gasteiger partial charge in [0.15, 0.2) is 0 Å². The fourth-order valence-electron chi connectivity index (χ4n) is 0.862. The predicted octanol–water partition coefficient (Wildman–Crippen LogP) is 3.75. The first kappa shape index (κ1) is 9.89. The standard InChI is InChI=1S/C8H4BrClN2OS/c9-5-3-1-2-4-6(5)13-8-7(10)11-14-12-8/h1-4H. The molecular formula is C8H4BrClN2OS. The minimum Gasteiger partial charge on any atom is -0.435 e. The molecule has 2 aromatic rings. The maximum Gasteiger partial charge on any atom is 0.270 e. The Morgan fingerprint density at radius 2 is 2.07 bits per heavy atom. The third-order valence-electron chi connectivity index (χ3n) is 1.46. The van der Waals surface area contributed by atoms with E-state index in [1.807, 2.05) is 24.3 Å². The van der Waals surface area contributed by atoms with E-state index in [1.165, 1.54) is 0 Å². The molecule has 0 aliphatic rings. The van der Waals surface area contributed by atoms with Crippen molar-refractivity contribution in [3.05, 3.63) is 33.9 Å². The van der Waals surface area contributed by atoms with Crippen molar-refractivity contribution in [2.24, 2.45) is 0 Å². The van der Waals surface area contributed by atoms with Crippen LogP contribution < -0.4 is 4.74 Å². The summed E-state index contributed by atoms with van der Waals surface area (Å²) in [5.41, 5.74) is 0. The molecule has 0 spiro atoms. The van der Waals surface area contributed by atoms with Crippen molar-refractivity contribution in [3.63, 3.8) is 0 Å². The number of halogens is 2. The molecule has 0 atom stereocenters. The van der Waals surface area contributed by atoms with Crippen LogP contribution in [0, 0.1) is 0 Å². The van der Waals surface area contributed by atoms with Crippen molar-refractivity contribution in [3.8, 4) is 11.6 Å². The zero-order chi connectivity index (χ0) is 9.97. The van der Waals surface area contributed by atoms with E-state index in [9.17, 15) is 0 Å². The molecule has 0 N–H and O–H groups in total. The Labute approximate surface area is 98.1 Å². The summed E-state index contributed by atoms with van der Waals surface area (Å²) >= 11 is 10.1. The number of benzene rings is 1. The molecule has 0 saturated carbocycles. The van der Waals surface area contributed by atoms with Gasteiger partial charge in [0.1, 0.15) is 5.75 Å². The average molecular weight is 292 g/mol. The molecule has 2 rings (SSSR count). The second-order valence-corrected chi connectivity index (χ2v) is 4.13. The molecule has 0 bridgehead atoms. The minimum absolute atomic E-state index is 0.283. The van der Waals surface area contributed by atoms with Crippen molar-refractivity contribution < 1.29 is 4.74 Å². The first-order chi connectivity index (χ1) is 6.77. The number of ether oxygens (including phenoxy) is 1. The van der Waals surface area contributed by atoms with Crippen LogP contribution in [0.15, 0.2) is 28.7 Å². The molecule has 1 aromatic heterocycles. The van der Waals surface area contributed by atoms with E-state index >= 15 is 0 Å². The molecule has 0 aliphatic heterocycles. The Morgan fingerprint density at radius 1 is 1.29 bits per heavy atom. The van der Waals surface area contributed by atoms with E-state index in [0.717, 1.165) is 16.2 Å². The van der Waals surface area contributed by atoms with Gasteiger partial charge in [0.25, 0.3) is 5.88 Å². The van der Waals surface area contributed by atoms with Crippen molar-refractivity contribution in [1.29, 1.82) is 0 Å². The maximum absolute atomic E-state index is 5.74. The van der Waals surface area contributed by atoms with E-state index in [0.29, 0.717) is 11.6 Å². The molecule has 0 saturated heterocycles. The maximum atomic E-state index is 5.74. The smallest absolute Gasteiger partial charge is 0.270 e. The normalized spacial score (nSPS) is 10.1. The van der Waals surface area contributed by atoms with Gasteiger partial charge in [0.05, 0.1) is 16.2 Å². The lowest BCUT2D eigenvalue weighted by Gasteiger charge is -2.03. The average Bonchev–Trinajstić information content (AvgIpc) is 2.56. The van der Waals surface area contributed by atoms with Crippen LogP contribution in [-0.4, -0.2) is 8.75 Å². The van der Waals surface area contributed by atoms with Crippen molar-refractivity contribution in [2.75, 3.05) is 0 Å². The van der Waals surface area contributed by atoms with Gasteiger partial charge in [0.2, 0.25) is 5.15 Å². The van der Waals surface area contributed by atoms with Gasteiger partial charge < -0.3 is 4.74 Å². The molecule has 6 heteroatoms. The van der Waals surface area contributed by atoms with Crippen LogP contribution in [-0.2, 0) is 0 Å². The molecule has 1 heterocycles. The molecule has 0 fully saturated rings. The van der Waals surface area contributed by atoms with Gasteiger partial charge in [-0.15, -0.1) is 4.37 Å². The lowest BCUT2D eigenvalue weighted by Crippen LogP contribution is -1.85. The molecule has 0 aliphatic carbocycles. The quantitative estimate of drug-likeness (QED) is 0.845. The molecule has 0 amide bonds. The van der Waals surface area contributed by atoms with E-state index in [1.54, 1.807) is 0 Å². The van der Waals surface area contributed by atoms with E-state index in [4.69, 9.17) is 16.3 Å². The van der Waals surface area contributed by atoms with Crippen LogP contribution in [0.2, 0.25) is 5.15 Å². The Bertz CT molecular complexity index is 448. The monoisotopic (exact) mass is 290 g/mol. The van der Waals surface area contributed by atoms with Crippen LogP contribution in [0.25, 0.3) is 0 Å². The minimum atomic E-state index is 0.283. The van der Waals surface area contributed by atoms with Crippen LogP contribution in [0.3, 0.4) is 0 Å². The van der Waals surface area contributed by atoms with Crippen LogP contribution >= 0.6 is 39.3 Å². The van der Waals surface area contributed by atoms with E-state index < -0.39 is 0 Å². The summed E-state index contributed by atoms with van der Waals surface area (Å²) in [4.78, 5) is 0. The van der Waals surface area contributed by atoms with Gasteiger partial charge in [-0.3, -0.25) is 0 Å². The number of aromatic nitrogens is 2. The summed E-state index contributed by atoms with van der Waals surface area (Å²) < 4.78 is 14.0.